The molecule has 27 heavy (non-hydrogen) atoms. The summed E-state index contributed by atoms with van der Waals surface area (Å²) in [7, 11) is -3.64. The molecule has 0 aliphatic carbocycles. The number of hydrogen-bond donors (Lipinski definition) is 1. The Morgan fingerprint density at radius 1 is 1.11 bits per heavy atom. The van der Waals surface area contributed by atoms with Gasteiger partial charge >= 0.3 is 0 Å². The molecule has 0 saturated carbocycles. The molecule has 1 N–H and O–H groups in total. The summed E-state index contributed by atoms with van der Waals surface area (Å²) >= 11 is 7.55. The third kappa shape index (κ3) is 4.01. The first-order chi connectivity index (χ1) is 12.9. The molecular formula is C19H19ClN2O3S2. The first-order valence-electron chi connectivity index (χ1n) is 8.46. The number of carbonyl (C=O) groups excluding carboxylic acids is 1. The molecule has 0 bridgehead atoms. The van der Waals surface area contributed by atoms with E-state index in [1.54, 1.807) is 19.9 Å². The van der Waals surface area contributed by atoms with Crippen LogP contribution in [0.2, 0.25) is 5.02 Å². The molecule has 0 unspecified atom stereocenters. The van der Waals surface area contributed by atoms with Crippen LogP contribution >= 0.6 is 22.9 Å². The Kier molecular flexibility index (Phi) is 5.86. The number of nitrogens with zero attached hydrogens (tertiary/aromatic N) is 1. The zero-order chi connectivity index (χ0) is 19.6. The first kappa shape index (κ1) is 19.8. The van der Waals surface area contributed by atoms with Gasteiger partial charge in [0.25, 0.3) is 5.91 Å². The number of thiophene rings is 1. The first-order valence-corrected chi connectivity index (χ1v) is 11.1. The number of sulfonamides is 1. The van der Waals surface area contributed by atoms with E-state index in [4.69, 9.17) is 11.6 Å². The largest absolute Gasteiger partial charge is 0.320 e. The average Bonchev–Trinajstić information content (AvgIpc) is 3.08. The van der Waals surface area contributed by atoms with Gasteiger partial charge in [0.05, 0.1) is 20.5 Å². The zero-order valence-corrected chi connectivity index (χ0v) is 17.3. The fraction of sp³-hybridized carbons (Fsp3) is 0.211. The second-order valence-corrected chi connectivity index (χ2v) is 9.26. The van der Waals surface area contributed by atoms with Crippen molar-refractivity contribution in [2.24, 2.45) is 0 Å². The van der Waals surface area contributed by atoms with Gasteiger partial charge in [-0.1, -0.05) is 43.6 Å². The van der Waals surface area contributed by atoms with E-state index in [-0.39, 0.29) is 21.5 Å². The van der Waals surface area contributed by atoms with Gasteiger partial charge in [0.1, 0.15) is 0 Å². The van der Waals surface area contributed by atoms with Gasteiger partial charge in [-0.2, -0.15) is 4.31 Å². The molecule has 0 fully saturated rings. The molecule has 3 aromatic rings. The highest BCUT2D eigenvalue weighted by molar-refractivity contribution is 7.89. The van der Waals surface area contributed by atoms with Crippen LogP contribution < -0.4 is 5.32 Å². The summed E-state index contributed by atoms with van der Waals surface area (Å²) in [5.74, 6) is -0.324. The van der Waals surface area contributed by atoms with Crippen molar-refractivity contribution < 1.29 is 13.2 Å². The third-order valence-corrected chi connectivity index (χ3v) is 7.67. The number of anilines is 1. The minimum atomic E-state index is -3.64. The average molecular weight is 423 g/mol. The van der Waals surface area contributed by atoms with Crippen LogP contribution in [-0.2, 0) is 10.0 Å². The second-order valence-electron chi connectivity index (χ2n) is 5.83. The van der Waals surface area contributed by atoms with Crippen LogP contribution in [0.15, 0.2) is 53.4 Å². The Morgan fingerprint density at radius 2 is 1.81 bits per heavy atom. The molecule has 0 radical (unpaired) electrons. The van der Waals surface area contributed by atoms with Crippen LogP contribution in [0, 0.1) is 0 Å². The number of hydrogen-bond acceptors (Lipinski definition) is 4. The molecule has 0 aliphatic rings. The standard InChI is InChI=1S/C19H19ClN2O3S2/c1-3-22(4-2)27(24,25)14-9-10-15(20)16(12-14)21-19(23)18-11-13-7-5-6-8-17(13)26-18/h5-12H,3-4H2,1-2H3,(H,21,23). The summed E-state index contributed by atoms with van der Waals surface area (Å²) in [6.07, 6.45) is 0. The lowest BCUT2D eigenvalue weighted by molar-refractivity contribution is 0.103. The molecule has 0 saturated heterocycles. The van der Waals surface area contributed by atoms with Crippen molar-refractivity contribution in [3.63, 3.8) is 0 Å². The molecular weight excluding hydrogens is 404 g/mol. The number of amides is 1. The van der Waals surface area contributed by atoms with Gasteiger partial charge in [-0.3, -0.25) is 4.79 Å². The van der Waals surface area contributed by atoms with Crippen molar-refractivity contribution >= 4 is 54.6 Å². The minimum Gasteiger partial charge on any atom is -0.320 e. The van der Waals surface area contributed by atoms with Crippen LogP contribution in [0.3, 0.4) is 0 Å². The normalized spacial score (nSPS) is 11.9. The number of halogens is 1. The van der Waals surface area contributed by atoms with E-state index in [9.17, 15) is 13.2 Å². The highest BCUT2D eigenvalue weighted by atomic mass is 35.5. The smallest absolute Gasteiger partial charge is 0.265 e. The number of fused-ring (bicyclic) bond motifs is 1. The molecule has 2 aromatic carbocycles. The highest BCUT2D eigenvalue weighted by Gasteiger charge is 2.23. The Balaban J connectivity index is 1.91. The Morgan fingerprint density at radius 3 is 2.48 bits per heavy atom. The van der Waals surface area contributed by atoms with Crippen LogP contribution in [0.1, 0.15) is 23.5 Å². The molecule has 1 heterocycles. The Labute approximate surface area is 167 Å². The molecule has 142 valence electrons. The summed E-state index contributed by atoms with van der Waals surface area (Å²) in [5.41, 5.74) is 0.271. The van der Waals surface area contributed by atoms with Crippen molar-refractivity contribution in [2.45, 2.75) is 18.7 Å². The lowest BCUT2D eigenvalue weighted by Gasteiger charge is -2.19. The quantitative estimate of drug-likeness (QED) is 0.618. The second kappa shape index (κ2) is 7.98. The van der Waals surface area contributed by atoms with Crippen molar-refractivity contribution in [1.29, 1.82) is 0 Å². The molecule has 8 heteroatoms. The fourth-order valence-electron chi connectivity index (χ4n) is 2.75. The van der Waals surface area contributed by atoms with Gasteiger partial charge in [0, 0.05) is 17.8 Å². The number of benzene rings is 2. The van der Waals surface area contributed by atoms with Gasteiger partial charge in [0.2, 0.25) is 10.0 Å². The molecule has 1 aromatic heterocycles. The van der Waals surface area contributed by atoms with Crippen molar-refractivity contribution in [1.82, 2.24) is 4.31 Å². The summed E-state index contributed by atoms with van der Waals surface area (Å²) in [6, 6.07) is 13.9. The van der Waals surface area contributed by atoms with Crippen LogP contribution in [0.25, 0.3) is 10.1 Å². The Hall–Kier alpha value is -1.93. The topological polar surface area (TPSA) is 66.5 Å². The molecule has 5 nitrogen and oxygen atoms in total. The summed E-state index contributed by atoms with van der Waals surface area (Å²) in [4.78, 5) is 13.3. The van der Waals surface area contributed by atoms with Crippen LogP contribution in [0.4, 0.5) is 5.69 Å². The van der Waals surface area contributed by atoms with Gasteiger partial charge in [-0.15, -0.1) is 11.3 Å². The third-order valence-electron chi connectivity index (χ3n) is 4.18. The molecule has 0 spiro atoms. The monoisotopic (exact) mass is 422 g/mol. The maximum Gasteiger partial charge on any atom is 0.265 e. The van der Waals surface area contributed by atoms with E-state index in [1.165, 1.54) is 33.8 Å². The fourth-order valence-corrected chi connectivity index (χ4v) is 5.36. The SMILES string of the molecule is CCN(CC)S(=O)(=O)c1ccc(Cl)c(NC(=O)c2cc3ccccc3s2)c1. The molecule has 0 aliphatic heterocycles. The van der Waals surface area contributed by atoms with Gasteiger partial charge in [0.15, 0.2) is 0 Å². The maximum atomic E-state index is 12.7. The number of carbonyl (C=O) groups is 1. The summed E-state index contributed by atoms with van der Waals surface area (Å²) in [6.45, 7) is 4.29. The van der Waals surface area contributed by atoms with Gasteiger partial charge in [-0.25, -0.2) is 8.42 Å². The van der Waals surface area contributed by atoms with E-state index in [0.29, 0.717) is 18.0 Å². The maximum absolute atomic E-state index is 12.7. The van der Waals surface area contributed by atoms with Crippen molar-refractivity contribution in [2.75, 3.05) is 18.4 Å². The van der Waals surface area contributed by atoms with Crippen molar-refractivity contribution in [3.05, 3.63) is 58.4 Å². The van der Waals surface area contributed by atoms with E-state index in [0.717, 1.165) is 10.1 Å². The highest BCUT2D eigenvalue weighted by Crippen LogP contribution is 2.30. The number of nitrogens with one attached hydrogen (secondary N) is 1. The van der Waals surface area contributed by atoms with Crippen molar-refractivity contribution in [3.8, 4) is 0 Å². The van der Waals surface area contributed by atoms with Crippen LogP contribution in [-0.4, -0.2) is 31.7 Å². The summed E-state index contributed by atoms with van der Waals surface area (Å²) < 4.78 is 27.8. The number of rotatable bonds is 6. The predicted molar refractivity (Wildman–Crippen MR) is 111 cm³/mol. The van der Waals surface area contributed by atoms with E-state index < -0.39 is 10.0 Å². The lowest BCUT2D eigenvalue weighted by Crippen LogP contribution is -2.30. The van der Waals surface area contributed by atoms with E-state index in [1.807, 2.05) is 24.3 Å². The predicted octanol–water partition coefficient (Wildman–Crippen LogP) is 4.84. The van der Waals surface area contributed by atoms with E-state index >= 15 is 0 Å². The lowest BCUT2D eigenvalue weighted by atomic mass is 10.2. The van der Waals surface area contributed by atoms with Crippen LogP contribution in [0.5, 0.6) is 0 Å². The zero-order valence-electron chi connectivity index (χ0n) is 14.9. The molecule has 3 rings (SSSR count). The minimum absolute atomic E-state index is 0.0993. The summed E-state index contributed by atoms with van der Waals surface area (Å²) in [5, 5.41) is 3.99. The van der Waals surface area contributed by atoms with Gasteiger partial charge in [-0.05, 0) is 35.7 Å². The van der Waals surface area contributed by atoms with Gasteiger partial charge < -0.3 is 5.32 Å². The van der Waals surface area contributed by atoms with E-state index in [2.05, 4.69) is 5.32 Å². The molecule has 0 atom stereocenters. The Bertz CT molecular complexity index is 1060. The molecule has 1 amide bonds.